The molecule has 10 heteroatoms. The van der Waals surface area contributed by atoms with Crippen molar-refractivity contribution in [2.75, 3.05) is 56.3 Å². The third kappa shape index (κ3) is 10.8. The minimum absolute atomic E-state index is 0.114. The van der Waals surface area contributed by atoms with E-state index < -0.39 is 11.2 Å². The van der Waals surface area contributed by atoms with Crippen LogP contribution in [0.1, 0.15) is 75.7 Å². The number of benzene rings is 3. The number of anilines is 2. The molecule has 288 valence electrons. The summed E-state index contributed by atoms with van der Waals surface area (Å²) in [7, 11) is 0. The zero-order valence-electron chi connectivity index (χ0n) is 32.2. The molecule has 2 aliphatic heterocycles. The van der Waals surface area contributed by atoms with Crippen LogP contribution < -0.4 is 15.0 Å². The fraction of sp³-hybridized carbons (Fsp3) is 0.455. The van der Waals surface area contributed by atoms with Gasteiger partial charge < -0.3 is 33.5 Å². The standard InChI is InChI=1S/C44H56N4O5S/c1-4-6-23-51-25-26-53-40-17-12-35(13-18-40)36-14-21-42-38(27-36)28-37(11-7-8-22-48(42)29-34-10-9-24-52-30-34)44(49)46-39-15-19-41(20-16-39)54(50)31-43-33(3)45-32-47(43)5-2/h12-21,27-28,32,34H,4-11,22-26,29-31H2,1-3H3,(H,46,49)/b37-28+/t34?,54-/m1/s1. The molecule has 0 radical (unpaired) electrons. The van der Waals surface area contributed by atoms with Gasteiger partial charge in [0.1, 0.15) is 12.4 Å². The average Bonchev–Trinajstić information content (AvgIpc) is 3.59. The number of unbranched alkanes of at least 4 members (excludes halogenated alkanes) is 1. The molecule has 2 atom stereocenters. The van der Waals surface area contributed by atoms with Gasteiger partial charge in [-0.2, -0.15) is 0 Å². The maximum atomic E-state index is 13.9. The summed E-state index contributed by atoms with van der Waals surface area (Å²) in [6, 6.07) is 22.2. The van der Waals surface area contributed by atoms with Crippen molar-refractivity contribution in [1.29, 1.82) is 0 Å². The molecular formula is C44H56N4O5S. The zero-order chi connectivity index (χ0) is 37.7. The predicted octanol–water partition coefficient (Wildman–Crippen LogP) is 8.82. The smallest absolute Gasteiger partial charge is 0.251 e. The molecule has 1 aromatic heterocycles. The first-order chi connectivity index (χ1) is 26.4. The molecule has 2 aliphatic rings. The molecule has 0 aliphatic carbocycles. The summed E-state index contributed by atoms with van der Waals surface area (Å²) < 4.78 is 32.7. The van der Waals surface area contributed by atoms with E-state index in [2.05, 4.69) is 65.5 Å². The summed E-state index contributed by atoms with van der Waals surface area (Å²) in [5.74, 6) is 1.59. The van der Waals surface area contributed by atoms with E-state index >= 15 is 0 Å². The van der Waals surface area contributed by atoms with Crippen molar-refractivity contribution >= 4 is 34.5 Å². The van der Waals surface area contributed by atoms with Crippen LogP contribution in [0.15, 0.2) is 83.5 Å². The van der Waals surface area contributed by atoms with E-state index in [4.69, 9.17) is 14.2 Å². The molecule has 54 heavy (non-hydrogen) atoms. The number of aromatic nitrogens is 2. The highest BCUT2D eigenvalue weighted by molar-refractivity contribution is 7.90. The first-order valence-electron chi connectivity index (χ1n) is 19.7. The summed E-state index contributed by atoms with van der Waals surface area (Å²) in [6.07, 6.45) is 10.9. The molecular weight excluding hydrogens is 697 g/mol. The number of aryl methyl sites for hydroxylation is 2. The first-order valence-corrected chi connectivity index (χ1v) is 21.0. The Labute approximate surface area is 324 Å². The third-order valence-electron chi connectivity index (χ3n) is 10.3. The quantitative estimate of drug-likeness (QED) is 0.0902. The Morgan fingerprint density at radius 2 is 1.81 bits per heavy atom. The molecule has 0 spiro atoms. The number of amides is 1. The lowest BCUT2D eigenvalue weighted by Gasteiger charge is -2.32. The minimum atomic E-state index is -1.23. The Hall–Kier alpha value is -4.09. The number of rotatable bonds is 16. The van der Waals surface area contributed by atoms with Gasteiger partial charge in [-0.05, 0) is 141 Å². The monoisotopic (exact) mass is 752 g/mol. The van der Waals surface area contributed by atoms with Gasteiger partial charge in [0.15, 0.2) is 10.6 Å². The second kappa shape index (κ2) is 20.0. The van der Waals surface area contributed by atoms with Crippen LogP contribution in [0.2, 0.25) is 0 Å². The fourth-order valence-electron chi connectivity index (χ4n) is 7.16. The molecule has 1 saturated heterocycles. The van der Waals surface area contributed by atoms with Gasteiger partial charge in [-0.15, -0.1) is 0 Å². The highest BCUT2D eigenvalue weighted by Crippen LogP contribution is 2.34. The van der Waals surface area contributed by atoms with Crippen molar-refractivity contribution in [1.82, 2.24) is 9.55 Å². The van der Waals surface area contributed by atoms with E-state index in [0.717, 1.165) is 122 Å². The number of imidazole rings is 1. The van der Waals surface area contributed by atoms with E-state index in [9.17, 15) is 9.35 Å². The van der Waals surface area contributed by atoms with Crippen LogP contribution in [0.25, 0.3) is 17.2 Å². The van der Waals surface area contributed by atoms with Gasteiger partial charge in [-0.25, -0.2) is 4.98 Å². The van der Waals surface area contributed by atoms with Crippen LogP contribution in [0.4, 0.5) is 11.4 Å². The highest BCUT2D eigenvalue weighted by atomic mass is 32.2. The van der Waals surface area contributed by atoms with Crippen LogP contribution in [0, 0.1) is 12.8 Å². The molecule has 1 amide bonds. The van der Waals surface area contributed by atoms with Crippen molar-refractivity contribution in [3.63, 3.8) is 0 Å². The minimum Gasteiger partial charge on any atom is -0.611 e. The van der Waals surface area contributed by atoms with E-state index in [0.29, 0.717) is 37.0 Å². The van der Waals surface area contributed by atoms with Gasteiger partial charge in [0, 0.05) is 49.8 Å². The lowest BCUT2D eigenvalue weighted by atomic mass is 9.97. The topological polar surface area (TPSA) is 101 Å². The molecule has 1 N–H and O–H groups in total. The maximum absolute atomic E-state index is 13.9. The van der Waals surface area contributed by atoms with Crippen molar-refractivity contribution < 1.29 is 23.6 Å². The number of hydrogen-bond acceptors (Lipinski definition) is 7. The molecule has 3 heterocycles. The molecule has 6 rings (SSSR count). The van der Waals surface area contributed by atoms with Crippen LogP contribution in [-0.4, -0.2) is 66.1 Å². The Morgan fingerprint density at radius 3 is 2.57 bits per heavy atom. The SMILES string of the molecule is CCCCOCCOc1ccc(-c2ccc3c(c2)/C=C(/C(=O)Nc2ccc([S@+]([O-])Cc4c(C)ncn4CC)cc2)CCCCN3CC2CCCOC2)cc1. The average molecular weight is 753 g/mol. The number of hydrogen-bond donors (Lipinski definition) is 1. The van der Waals surface area contributed by atoms with Gasteiger partial charge in [0.2, 0.25) is 0 Å². The van der Waals surface area contributed by atoms with E-state index in [-0.39, 0.29) is 5.91 Å². The second-order valence-electron chi connectivity index (χ2n) is 14.3. The molecule has 0 bridgehead atoms. The molecule has 3 aromatic carbocycles. The Balaban J connectivity index is 1.20. The van der Waals surface area contributed by atoms with Crippen molar-refractivity contribution in [3.05, 3.63) is 95.6 Å². The van der Waals surface area contributed by atoms with Gasteiger partial charge in [-0.1, -0.05) is 31.5 Å². The van der Waals surface area contributed by atoms with Crippen molar-refractivity contribution in [2.45, 2.75) is 82.9 Å². The summed E-state index contributed by atoms with van der Waals surface area (Å²) in [4.78, 5) is 21.6. The number of nitrogens with one attached hydrogen (secondary N) is 1. The number of fused-ring (bicyclic) bond motifs is 1. The van der Waals surface area contributed by atoms with E-state index in [1.807, 2.05) is 47.9 Å². The number of ether oxygens (including phenoxy) is 3. The van der Waals surface area contributed by atoms with Crippen LogP contribution in [0.5, 0.6) is 5.75 Å². The predicted molar refractivity (Wildman–Crippen MR) is 219 cm³/mol. The van der Waals surface area contributed by atoms with Gasteiger partial charge in [0.05, 0.1) is 30.9 Å². The van der Waals surface area contributed by atoms with Crippen LogP contribution in [0.3, 0.4) is 0 Å². The van der Waals surface area contributed by atoms with Gasteiger partial charge in [0.25, 0.3) is 5.91 Å². The molecule has 1 unspecified atom stereocenters. The maximum Gasteiger partial charge on any atom is 0.251 e. The van der Waals surface area contributed by atoms with Crippen molar-refractivity contribution in [3.8, 4) is 16.9 Å². The van der Waals surface area contributed by atoms with Gasteiger partial charge in [-0.3, -0.25) is 4.79 Å². The zero-order valence-corrected chi connectivity index (χ0v) is 33.0. The largest absolute Gasteiger partial charge is 0.611 e. The first kappa shape index (κ1) is 39.6. The van der Waals surface area contributed by atoms with Crippen LogP contribution >= 0.6 is 0 Å². The number of nitrogens with zero attached hydrogens (tertiary/aromatic N) is 3. The molecule has 9 nitrogen and oxygen atoms in total. The second-order valence-corrected chi connectivity index (χ2v) is 15.8. The van der Waals surface area contributed by atoms with E-state index in [1.54, 1.807) is 6.33 Å². The lowest BCUT2D eigenvalue weighted by molar-refractivity contribution is -0.112. The Kier molecular flexibility index (Phi) is 14.7. The highest BCUT2D eigenvalue weighted by Gasteiger charge is 2.23. The number of carbonyl (C=O) groups is 1. The lowest BCUT2D eigenvalue weighted by Crippen LogP contribution is -2.34. The normalized spacial score (nSPS) is 17.7. The van der Waals surface area contributed by atoms with E-state index in [1.165, 1.54) is 6.42 Å². The fourth-order valence-corrected chi connectivity index (χ4v) is 8.38. The molecule has 0 saturated carbocycles. The summed E-state index contributed by atoms with van der Waals surface area (Å²) >= 11 is -1.23. The molecule has 4 aromatic rings. The Morgan fingerprint density at radius 1 is 1.00 bits per heavy atom. The third-order valence-corrected chi connectivity index (χ3v) is 11.6. The molecule has 1 fully saturated rings. The van der Waals surface area contributed by atoms with Gasteiger partial charge >= 0.3 is 0 Å². The summed E-state index contributed by atoms with van der Waals surface area (Å²) in [5.41, 5.74) is 7.66. The van der Waals surface area contributed by atoms with Crippen molar-refractivity contribution in [2.24, 2.45) is 5.92 Å². The summed E-state index contributed by atoms with van der Waals surface area (Å²) in [5, 5.41) is 3.14. The number of carbonyl (C=O) groups excluding carboxylic acids is 1. The van der Waals surface area contributed by atoms with Crippen LogP contribution in [-0.2, 0) is 37.7 Å². The Bertz CT molecular complexity index is 1820. The summed E-state index contributed by atoms with van der Waals surface area (Å²) in [6.45, 7) is 12.3.